The molecule has 0 bridgehead atoms. The van der Waals surface area contributed by atoms with Crippen molar-refractivity contribution in [3.8, 4) is 11.3 Å². The van der Waals surface area contributed by atoms with Gasteiger partial charge >= 0.3 is 0 Å². The van der Waals surface area contributed by atoms with E-state index in [9.17, 15) is 9.59 Å². The second-order valence-electron chi connectivity index (χ2n) is 6.43. The standard InChI is InChI=1S/C18H22N4O2S.ClH/c1-12(23)20-10-2-3-13-4-6-14(7-5-13)15-11-25-17(21-15)22-16(24)18(19)8-9-18;/h4-7,11H,2-3,8-10,19H2,1H3,(H,20,23)(H,21,22,24);1H. The molecular weight excluding hydrogens is 372 g/mol. The largest absolute Gasteiger partial charge is 0.356 e. The van der Waals surface area contributed by atoms with Crippen molar-refractivity contribution in [3.05, 3.63) is 35.2 Å². The summed E-state index contributed by atoms with van der Waals surface area (Å²) >= 11 is 1.40. The van der Waals surface area contributed by atoms with E-state index in [1.807, 2.05) is 17.5 Å². The summed E-state index contributed by atoms with van der Waals surface area (Å²) in [5.74, 6) is -0.146. The Bertz CT molecular complexity index is 772. The van der Waals surface area contributed by atoms with Gasteiger partial charge in [-0.2, -0.15) is 0 Å². The SMILES string of the molecule is CC(=O)NCCCc1ccc(-c2csc(NC(=O)C3(N)CC3)n2)cc1.Cl. The lowest BCUT2D eigenvalue weighted by atomic mass is 10.1. The highest BCUT2D eigenvalue weighted by Gasteiger charge is 2.46. The summed E-state index contributed by atoms with van der Waals surface area (Å²) < 4.78 is 0. The van der Waals surface area contributed by atoms with E-state index in [-0.39, 0.29) is 24.2 Å². The highest BCUT2D eigenvalue weighted by molar-refractivity contribution is 7.14. The van der Waals surface area contributed by atoms with Gasteiger partial charge in [-0.05, 0) is 31.2 Å². The maximum absolute atomic E-state index is 12.0. The van der Waals surface area contributed by atoms with Gasteiger partial charge in [0.1, 0.15) is 0 Å². The zero-order valence-corrected chi connectivity index (χ0v) is 16.2. The first-order valence-electron chi connectivity index (χ1n) is 8.36. The molecule has 1 fully saturated rings. The number of aryl methyl sites for hydroxylation is 1. The Morgan fingerprint density at radius 2 is 1.96 bits per heavy atom. The predicted molar refractivity (Wildman–Crippen MR) is 107 cm³/mol. The molecule has 2 amide bonds. The zero-order chi connectivity index (χ0) is 17.9. The molecule has 0 spiro atoms. The number of amides is 2. The first-order valence-corrected chi connectivity index (χ1v) is 9.24. The quantitative estimate of drug-likeness (QED) is 0.629. The molecule has 140 valence electrons. The molecule has 0 atom stereocenters. The van der Waals surface area contributed by atoms with Crippen molar-refractivity contribution in [1.82, 2.24) is 10.3 Å². The van der Waals surface area contributed by atoms with Crippen LogP contribution in [-0.2, 0) is 16.0 Å². The molecule has 0 aliphatic heterocycles. The number of thiazole rings is 1. The average molecular weight is 395 g/mol. The molecular formula is C18H23ClN4O2S. The molecule has 1 aromatic heterocycles. The van der Waals surface area contributed by atoms with E-state index in [0.29, 0.717) is 11.7 Å². The van der Waals surface area contributed by atoms with Gasteiger partial charge in [-0.1, -0.05) is 24.3 Å². The third-order valence-electron chi connectivity index (χ3n) is 4.23. The highest BCUT2D eigenvalue weighted by atomic mass is 35.5. The minimum atomic E-state index is -0.690. The second kappa shape index (κ2) is 8.62. The van der Waals surface area contributed by atoms with Crippen LogP contribution in [0.25, 0.3) is 11.3 Å². The van der Waals surface area contributed by atoms with Gasteiger partial charge in [0, 0.05) is 24.4 Å². The molecule has 3 rings (SSSR count). The van der Waals surface area contributed by atoms with E-state index in [2.05, 4.69) is 27.8 Å². The smallest absolute Gasteiger partial charge is 0.246 e. The summed E-state index contributed by atoms with van der Waals surface area (Å²) in [4.78, 5) is 27.3. The molecule has 2 aromatic rings. The Morgan fingerprint density at radius 3 is 2.58 bits per heavy atom. The molecule has 6 nitrogen and oxygen atoms in total. The van der Waals surface area contributed by atoms with Gasteiger partial charge in [-0.3, -0.25) is 9.59 Å². The summed E-state index contributed by atoms with van der Waals surface area (Å²) in [5, 5.41) is 8.10. The van der Waals surface area contributed by atoms with Crippen LogP contribution in [0.15, 0.2) is 29.6 Å². The van der Waals surface area contributed by atoms with Crippen LogP contribution in [0.2, 0.25) is 0 Å². The molecule has 1 aliphatic rings. The first kappa shape index (κ1) is 20.4. The molecule has 0 unspecified atom stereocenters. The number of nitrogens with zero attached hydrogens (tertiary/aromatic N) is 1. The van der Waals surface area contributed by atoms with Crippen molar-refractivity contribution in [2.75, 3.05) is 11.9 Å². The Hall–Kier alpha value is -1.96. The number of benzene rings is 1. The lowest BCUT2D eigenvalue weighted by molar-refractivity contribution is -0.119. The van der Waals surface area contributed by atoms with Crippen molar-refractivity contribution in [2.24, 2.45) is 5.73 Å². The van der Waals surface area contributed by atoms with E-state index in [1.165, 1.54) is 23.8 Å². The number of anilines is 1. The number of carbonyl (C=O) groups excluding carboxylic acids is 2. The van der Waals surface area contributed by atoms with Gasteiger partial charge in [0.25, 0.3) is 0 Å². The van der Waals surface area contributed by atoms with Crippen molar-refractivity contribution in [2.45, 2.75) is 38.1 Å². The van der Waals surface area contributed by atoms with Crippen LogP contribution in [0.3, 0.4) is 0 Å². The third-order valence-corrected chi connectivity index (χ3v) is 4.99. The van der Waals surface area contributed by atoms with Gasteiger partial charge < -0.3 is 16.4 Å². The van der Waals surface area contributed by atoms with Crippen LogP contribution in [0.1, 0.15) is 31.7 Å². The lowest BCUT2D eigenvalue weighted by Gasteiger charge is -2.06. The Morgan fingerprint density at radius 1 is 1.27 bits per heavy atom. The summed E-state index contributed by atoms with van der Waals surface area (Å²) in [6.07, 6.45) is 3.30. The van der Waals surface area contributed by atoms with E-state index in [4.69, 9.17) is 5.73 Å². The maximum Gasteiger partial charge on any atom is 0.246 e. The van der Waals surface area contributed by atoms with Crippen LogP contribution in [0.4, 0.5) is 5.13 Å². The minimum absolute atomic E-state index is 0. The normalized spacial score (nSPS) is 14.2. The molecule has 1 heterocycles. The fraction of sp³-hybridized carbons (Fsp3) is 0.389. The topological polar surface area (TPSA) is 97.1 Å². The Kier molecular flexibility index (Phi) is 6.75. The summed E-state index contributed by atoms with van der Waals surface area (Å²) in [6, 6.07) is 8.19. The number of hydrogen-bond acceptors (Lipinski definition) is 5. The fourth-order valence-electron chi connectivity index (χ4n) is 2.45. The molecule has 26 heavy (non-hydrogen) atoms. The van der Waals surface area contributed by atoms with Gasteiger partial charge in [0.05, 0.1) is 11.2 Å². The van der Waals surface area contributed by atoms with E-state index in [1.54, 1.807) is 0 Å². The molecule has 1 saturated carbocycles. The number of rotatable bonds is 7. The monoisotopic (exact) mass is 394 g/mol. The number of nitrogens with one attached hydrogen (secondary N) is 2. The zero-order valence-electron chi connectivity index (χ0n) is 14.6. The summed E-state index contributed by atoms with van der Waals surface area (Å²) in [5.41, 5.74) is 8.26. The van der Waals surface area contributed by atoms with Gasteiger partial charge in [-0.25, -0.2) is 4.98 Å². The van der Waals surface area contributed by atoms with Crippen LogP contribution in [0, 0.1) is 0 Å². The number of nitrogens with two attached hydrogens (primary N) is 1. The molecule has 8 heteroatoms. The lowest BCUT2D eigenvalue weighted by Crippen LogP contribution is -2.37. The van der Waals surface area contributed by atoms with Gasteiger partial charge in [0.15, 0.2) is 5.13 Å². The van der Waals surface area contributed by atoms with Gasteiger partial charge in [0.2, 0.25) is 11.8 Å². The number of hydrogen-bond donors (Lipinski definition) is 3. The van der Waals surface area contributed by atoms with Crippen LogP contribution < -0.4 is 16.4 Å². The van der Waals surface area contributed by atoms with Crippen LogP contribution in [-0.4, -0.2) is 28.9 Å². The Balaban J connectivity index is 0.00000243. The fourth-order valence-corrected chi connectivity index (χ4v) is 3.16. The third kappa shape index (κ3) is 5.27. The second-order valence-corrected chi connectivity index (χ2v) is 7.29. The predicted octanol–water partition coefficient (Wildman–Crippen LogP) is 2.73. The maximum atomic E-state index is 12.0. The number of aromatic nitrogens is 1. The molecule has 1 aromatic carbocycles. The van der Waals surface area contributed by atoms with Crippen molar-refractivity contribution in [3.63, 3.8) is 0 Å². The number of halogens is 1. The van der Waals surface area contributed by atoms with E-state index < -0.39 is 5.54 Å². The van der Waals surface area contributed by atoms with E-state index in [0.717, 1.165) is 36.9 Å². The Labute approximate surface area is 163 Å². The first-order chi connectivity index (χ1) is 12.0. The molecule has 4 N–H and O–H groups in total. The van der Waals surface area contributed by atoms with Crippen molar-refractivity contribution in [1.29, 1.82) is 0 Å². The average Bonchev–Trinajstić information content (AvgIpc) is 3.17. The summed E-state index contributed by atoms with van der Waals surface area (Å²) in [6.45, 7) is 2.21. The molecule has 0 saturated heterocycles. The number of carbonyl (C=O) groups is 2. The van der Waals surface area contributed by atoms with E-state index >= 15 is 0 Å². The van der Waals surface area contributed by atoms with Crippen LogP contribution >= 0.6 is 23.7 Å². The molecule has 1 aliphatic carbocycles. The van der Waals surface area contributed by atoms with Gasteiger partial charge in [-0.15, -0.1) is 23.7 Å². The van der Waals surface area contributed by atoms with Crippen LogP contribution in [0.5, 0.6) is 0 Å². The minimum Gasteiger partial charge on any atom is -0.356 e. The van der Waals surface area contributed by atoms with Crippen molar-refractivity contribution >= 4 is 40.7 Å². The molecule has 0 radical (unpaired) electrons. The highest BCUT2D eigenvalue weighted by Crippen LogP contribution is 2.34. The summed E-state index contributed by atoms with van der Waals surface area (Å²) in [7, 11) is 0. The van der Waals surface area contributed by atoms with Crippen molar-refractivity contribution < 1.29 is 9.59 Å².